The number of anilines is 1. The summed E-state index contributed by atoms with van der Waals surface area (Å²) in [5, 5.41) is 6.18. The van der Waals surface area contributed by atoms with Crippen LogP contribution in [0.1, 0.15) is 11.6 Å². The zero-order valence-electron chi connectivity index (χ0n) is 18.6. The Bertz CT molecular complexity index is 1050. The number of ether oxygens (including phenoxy) is 2. The van der Waals surface area contributed by atoms with Crippen LogP contribution < -0.4 is 20.3 Å². The molecule has 9 heteroatoms. The maximum absolute atomic E-state index is 12.7. The second-order valence-corrected chi connectivity index (χ2v) is 8.37. The Hall–Kier alpha value is -3.23. The van der Waals surface area contributed by atoms with E-state index in [1.807, 2.05) is 18.2 Å². The van der Waals surface area contributed by atoms with Gasteiger partial charge in [0.05, 0.1) is 25.8 Å². The molecular weight excluding hydrogens is 444 g/mol. The minimum Gasteiger partial charge on any atom is -0.497 e. The Morgan fingerprint density at radius 1 is 1.09 bits per heavy atom. The molecule has 33 heavy (non-hydrogen) atoms. The number of hydrogen-bond acceptors (Lipinski definition) is 6. The molecule has 2 aliphatic heterocycles. The molecule has 174 valence electrons. The molecule has 2 heterocycles. The number of carbonyl (C=O) groups excluding carboxylic acids is 2. The molecule has 4 rings (SSSR count). The summed E-state index contributed by atoms with van der Waals surface area (Å²) in [7, 11) is 2.99. The summed E-state index contributed by atoms with van der Waals surface area (Å²) in [5.74, 6) is 0.343. The fourth-order valence-corrected chi connectivity index (χ4v) is 4.41. The first-order chi connectivity index (χ1) is 16.0. The van der Waals surface area contributed by atoms with Crippen LogP contribution in [0.2, 0.25) is 5.02 Å². The number of methoxy groups -OCH3 is 2. The molecule has 0 saturated carbocycles. The molecule has 0 aliphatic carbocycles. The largest absolute Gasteiger partial charge is 0.497 e. The van der Waals surface area contributed by atoms with Gasteiger partial charge in [-0.15, -0.1) is 0 Å². The Morgan fingerprint density at radius 3 is 2.45 bits per heavy atom. The molecule has 2 aliphatic rings. The quantitative estimate of drug-likeness (QED) is 0.632. The van der Waals surface area contributed by atoms with E-state index in [2.05, 4.69) is 32.6 Å². The topological polar surface area (TPSA) is 83.1 Å². The summed E-state index contributed by atoms with van der Waals surface area (Å²) in [4.78, 5) is 29.7. The van der Waals surface area contributed by atoms with Crippen LogP contribution in [0.25, 0.3) is 0 Å². The summed E-state index contributed by atoms with van der Waals surface area (Å²) in [5.41, 5.74) is 2.80. The van der Waals surface area contributed by atoms with Crippen LogP contribution in [0, 0.1) is 0 Å². The van der Waals surface area contributed by atoms with E-state index in [4.69, 9.17) is 21.1 Å². The summed E-state index contributed by atoms with van der Waals surface area (Å²) in [6, 6.07) is 14.1. The van der Waals surface area contributed by atoms with Gasteiger partial charge >= 0.3 is 12.0 Å². The SMILES string of the molecule is COC(=O)C1=C(CN2CCN(c3ccc(OC)cc3)CC2)NC(=O)NC1c1cccc(Cl)c1. The lowest BCUT2D eigenvalue weighted by Gasteiger charge is -2.38. The Labute approximate surface area is 198 Å². The summed E-state index contributed by atoms with van der Waals surface area (Å²) in [6.07, 6.45) is 0. The van der Waals surface area contributed by atoms with Gasteiger partial charge in [-0.25, -0.2) is 9.59 Å². The Balaban J connectivity index is 1.52. The fourth-order valence-electron chi connectivity index (χ4n) is 4.21. The van der Waals surface area contributed by atoms with Gasteiger partial charge in [-0.3, -0.25) is 4.90 Å². The van der Waals surface area contributed by atoms with Crippen molar-refractivity contribution in [2.45, 2.75) is 6.04 Å². The molecule has 0 bridgehead atoms. The normalized spacial score (nSPS) is 19.1. The lowest BCUT2D eigenvalue weighted by Crippen LogP contribution is -2.51. The van der Waals surface area contributed by atoms with E-state index in [-0.39, 0.29) is 6.03 Å². The molecule has 8 nitrogen and oxygen atoms in total. The molecule has 1 fully saturated rings. The number of benzene rings is 2. The predicted molar refractivity (Wildman–Crippen MR) is 127 cm³/mol. The predicted octanol–water partition coefficient (Wildman–Crippen LogP) is 2.95. The van der Waals surface area contributed by atoms with Gasteiger partial charge in [0.2, 0.25) is 0 Å². The molecule has 0 aromatic heterocycles. The summed E-state index contributed by atoms with van der Waals surface area (Å²) in [6.45, 7) is 3.67. The molecule has 1 saturated heterocycles. The smallest absolute Gasteiger partial charge is 0.338 e. The van der Waals surface area contributed by atoms with Crippen LogP contribution in [-0.2, 0) is 9.53 Å². The van der Waals surface area contributed by atoms with E-state index in [1.165, 1.54) is 7.11 Å². The lowest BCUT2D eigenvalue weighted by molar-refractivity contribution is -0.136. The van der Waals surface area contributed by atoms with Crippen molar-refractivity contribution in [2.24, 2.45) is 0 Å². The first-order valence-electron chi connectivity index (χ1n) is 10.7. The summed E-state index contributed by atoms with van der Waals surface area (Å²) < 4.78 is 10.3. The maximum Gasteiger partial charge on any atom is 0.338 e. The Kier molecular flexibility index (Phi) is 7.05. The molecular formula is C24H27ClN4O4. The van der Waals surface area contributed by atoms with Gasteiger partial charge in [-0.1, -0.05) is 23.7 Å². The van der Waals surface area contributed by atoms with Crippen LogP contribution in [0.5, 0.6) is 5.75 Å². The number of urea groups is 1. The third-order valence-corrected chi connectivity index (χ3v) is 6.17. The van der Waals surface area contributed by atoms with Gasteiger partial charge in [0.15, 0.2) is 0 Å². The highest BCUT2D eigenvalue weighted by molar-refractivity contribution is 6.30. The number of hydrogen-bond donors (Lipinski definition) is 2. The van der Waals surface area contributed by atoms with Crippen LogP contribution >= 0.6 is 11.6 Å². The number of rotatable bonds is 6. The van der Waals surface area contributed by atoms with Crippen molar-refractivity contribution in [1.82, 2.24) is 15.5 Å². The minimum absolute atomic E-state index is 0.362. The van der Waals surface area contributed by atoms with E-state index < -0.39 is 12.0 Å². The molecule has 0 radical (unpaired) electrons. The van der Waals surface area contributed by atoms with Crippen molar-refractivity contribution in [3.63, 3.8) is 0 Å². The second kappa shape index (κ2) is 10.1. The zero-order valence-corrected chi connectivity index (χ0v) is 19.4. The van der Waals surface area contributed by atoms with Gasteiger partial charge in [-0.05, 0) is 42.0 Å². The third kappa shape index (κ3) is 5.23. The van der Waals surface area contributed by atoms with E-state index in [0.717, 1.165) is 43.2 Å². The average Bonchev–Trinajstić information content (AvgIpc) is 2.84. The zero-order chi connectivity index (χ0) is 23.4. The first kappa shape index (κ1) is 22.9. The number of nitrogens with one attached hydrogen (secondary N) is 2. The fraction of sp³-hybridized carbons (Fsp3) is 0.333. The number of halogens is 1. The van der Waals surface area contributed by atoms with Crippen molar-refractivity contribution in [3.8, 4) is 5.75 Å². The van der Waals surface area contributed by atoms with Crippen molar-refractivity contribution in [2.75, 3.05) is 51.8 Å². The van der Waals surface area contributed by atoms with Gasteiger partial charge in [0.25, 0.3) is 0 Å². The molecule has 1 atom stereocenters. The number of carbonyl (C=O) groups is 2. The molecule has 2 N–H and O–H groups in total. The lowest BCUT2D eigenvalue weighted by atomic mass is 9.95. The third-order valence-electron chi connectivity index (χ3n) is 5.93. The molecule has 2 amide bonds. The van der Waals surface area contributed by atoms with Crippen LogP contribution in [-0.4, -0.2) is 63.8 Å². The van der Waals surface area contributed by atoms with E-state index in [1.54, 1.807) is 25.3 Å². The van der Waals surface area contributed by atoms with Crippen molar-refractivity contribution < 1.29 is 19.1 Å². The number of piperazine rings is 1. The van der Waals surface area contributed by atoms with Gasteiger partial charge in [-0.2, -0.15) is 0 Å². The van der Waals surface area contributed by atoms with Crippen molar-refractivity contribution in [1.29, 1.82) is 0 Å². The molecule has 2 aromatic carbocycles. The highest BCUT2D eigenvalue weighted by Gasteiger charge is 2.34. The highest BCUT2D eigenvalue weighted by atomic mass is 35.5. The van der Waals surface area contributed by atoms with Gasteiger partial charge < -0.3 is 25.0 Å². The van der Waals surface area contributed by atoms with E-state index in [9.17, 15) is 9.59 Å². The van der Waals surface area contributed by atoms with E-state index >= 15 is 0 Å². The highest BCUT2D eigenvalue weighted by Crippen LogP contribution is 2.30. The van der Waals surface area contributed by atoms with Crippen molar-refractivity contribution in [3.05, 3.63) is 70.4 Å². The van der Waals surface area contributed by atoms with Crippen molar-refractivity contribution >= 4 is 29.3 Å². The molecule has 1 unspecified atom stereocenters. The van der Waals surface area contributed by atoms with E-state index in [0.29, 0.717) is 22.8 Å². The van der Waals surface area contributed by atoms with Crippen LogP contribution in [0.4, 0.5) is 10.5 Å². The number of esters is 1. The molecule has 2 aromatic rings. The summed E-state index contributed by atoms with van der Waals surface area (Å²) >= 11 is 6.15. The van der Waals surface area contributed by atoms with Crippen LogP contribution in [0.15, 0.2) is 59.8 Å². The standard InChI is InChI=1S/C24H27ClN4O4/c1-32-19-8-6-18(7-9-19)29-12-10-28(11-13-29)15-20-21(23(30)33-2)22(27-24(31)26-20)16-4-3-5-17(25)14-16/h3-9,14,22H,10-13,15H2,1-2H3,(H2,26,27,31). The monoisotopic (exact) mass is 470 g/mol. The molecule has 0 spiro atoms. The minimum atomic E-state index is -0.638. The van der Waals surface area contributed by atoms with Gasteiger partial charge in [0, 0.05) is 49.1 Å². The Morgan fingerprint density at radius 2 is 1.82 bits per heavy atom. The second-order valence-electron chi connectivity index (χ2n) is 7.93. The van der Waals surface area contributed by atoms with Crippen LogP contribution in [0.3, 0.4) is 0 Å². The average molecular weight is 471 g/mol. The number of amides is 2. The first-order valence-corrected chi connectivity index (χ1v) is 11.1. The van der Waals surface area contributed by atoms with Gasteiger partial charge in [0.1, 0.15) is 5.75 Å². The number of nitrogens with zero attached hydrogens (tertiary/aromatic N) is 2. The maximum atomic E-state index is 12.7.